The lowest BCUT2D eigenvalue weighted by Crippen LogP contribution is -2.46. The van der Waals surface area contributed by atoms with E-state index in [2.05, 4.69) is 31.1 Å². The van der Waals surface area contributed by atoms with Crippen molar-refractivity contribution in [3.63, 3.8) is 0 Å². The van der Waals surface area contributed by atoms with Gasteiger partial charge in [0.25, 0.3) is 0 Å². The zero-order valence-corrected chi connectivity index (χ0v) is 20.9. The molecule has 0 unspecified atom stereocenters. The first-order valence-electron chi connectivity index (χ1n) is 12.1. The number of amides is 1. The van der Waals surface area contributed by atoms with Crippen LogP contribution in [0.25, 0.3) is 11.4 Å². The van der Waals surface area contributed by atoms with Gasteiger partial charge in [0.2, 0.25) is 17.7 Å². The summed E-state index contributed by atoms with van der Waals surface area (Å²) in [6.07, 6.45) is 5.90. The van der Waals surface area contributed by atoms with Gasteiger partial charge in [-0.3, -0.25) is 4.79 Å². The van der Waals surface area contributed by atoms with E-state index in [0.29, 0.717) is 24.5 Å². The molecule has 1 N–H and O–H groups in total. The molecule has 194 valence electrons. The first kappa shape index (κ1) is 24.8. The Morgan fingerprint density at radius 1 is 1.14 bits per heavy atom. The van der Waals surface area contributed by atoms with Crippen LogP contribution in [0.1, 0.15) is 42.5 Å². The molecule has 2 atom stereocenters. The molecule has 2 aliphatic heterocycles. The quantitative estimate of drug-likeness (QED) is 0.531. The van der Waals surface area contributed by atoms with Crippen molar-refractivity contribution in [2.24, 2.45) is 0 Å². The molecule has 0 radical (unpaired) electrons. The molecule has 9 nitrogen and oxygen atoms in total. The lowest BCUT2D eigenvalue weighted by molar-refractivity contribution is -0.131. The van der Waals surface area contributed by atoms with Gasteiger partial charge in [-0.15, -0.1) is 0 Å². The second kappa shape index (κ2) is 9.87. The summed E-state index contributed by atoms with van der Waals surface area (Å²) in [5, 5.41) is 3.63. The Morgan fingerprint density at radius 2 is 1.89 bits per heavy atom. The van der Waals surface area contributed by atoms with E-state index in [1.165, 1.54) is 13.2 Å². The molecule has 1 fully saturated rings. The Balaban J connectivity index is 1.31. The standard InChI is InChI=1S/C26H28F2N6O3/c1-15(18-12-20(36-3)32-21(13-18)37-25(27)28)24(35)34-10-7-26(14-34)6-5-17-11-19(16(2)31-22(17)33-26)23-29-8-4-9-30-23/h4,8-9,11-13,15,25H,5-7,10,14H2,1-3H3,(H,31,33)/t15-,26-/m0/s1. The fraction of sp³-hybridized carbons (Fsp3) is 0.423. The molecule has 5 heterocycles. The Bertz CT molecular complexity index is 1310. The zero-order valence-electron chi connectivity index (χ0n) is 20.9. The van der Waals surface area contributed by atoms with Gasteiger partial charge in [-0.2, -0.15) is 13.8 Å². The predicted molar refractivity (Wildman–Crippen MR) is 132 cm³/mol. The summed E-state index contributed by atoms with van der Waals surface area (Å²) < 4.78 is 35.0. The number of pyridine rings is 2. The largest absolute Gasteiger partial charge is 0.481 e. The smallest absolute Gasteiger partial charge is 0.388 e. The van der Waals surface area contributed by atoms with Crippen molar-refractivity contribution in [2.45, 2.75) is 51.2 Å². The number of methoxy groups -OCH3 is 1. The number of rotatable bonds is 6. The normalized spacial score (nSPS) is 19.5. The highest BCUT2D eigenvalue weighted by atomic mass is 19.3. The van der Waals surface area contributed by atoms with Crippen LogP contribution in [0.3, 0.4) is 0 Å². The molecule has 1 spiro atoms. The van der Waals surface area contributed by atoms with E-state index >= 15 is 0 Å². The van der Waals surface area contributed by atoms with Crippen LogP contribution < -0.4 is 14.8 Å². The van der Waals surface area contributed by atoms with Gasteiger partial charge in [0.1, 0.15) is 5.82 Å². The Morgan fingerprint density at radius 3 is 2.62 bits per heavy atom. The minimum atomic E-state index is -3.02. The predicted octanol–water partition coefficient (Wildman–Crippen LogP) is 3.98. The van der Waals surface area contributed by atoms with Crippen molar-refractivity contribution in [1.82, 2.24) is 24.8 Å². The molecule has 1 amide bonds. The summed E-state index contributed by atoms with van der Waals surface area (Å²) in [4.78, 5) is 32.7. The number of alkyl halides is 2. The number of anilines is 1. The van der Waals surface area contributed by atoms with Gasteiger partial charge in [-0.25, -0.2) is 15.0 Å². The second-order valence-electron chi connectivity index (χ2n) is 9.50. The first-order chi connectivity index (χ1) is 17.8. The van der Waals surface area contributed by atoms with Gasteiger partial charge in [-0.05, 0) is 56.4 Å². The van der Waals surface area contributed by atoms with E-state index in [9.17, 15) is 13.6 Å². The van der Waals surface area contributed by atoms with Gasteiger partial charge in [0.15, 0.2) is 5.82 Å². The van der Waals surface area contributed by atoms with Crippen LogP contribution in [0.15, 0.2) is 36.7 Å². The summed E-state index contributed by atoms with van der Waals surface area (Å²) in [5.74, 6) is 0.626. The molecule has 11 heteroatoms. The number of halogens is 2. The average Bonchev–Trinajstić information content (AvgIpc) is 3.30. The molecule has 1 saturated heterocycles. The number of carbonyl (C=O) groups is 1. The highest BCUT2D eigenvalue weighted by Gasteiger charge is 2.43. The molecule has 2 aliphatic rings. The molecular weight excluding hydrogens is 482 g/mol. The van der Waals surface area contributed by atoms with Gasteiger partial charge < -0.3 is 19.7 Å². The monoisotopic (exact) mass is 510 g/mol. The number of nitrogens with zero attached hydrogens (tertiary/aromatic N) is 5. The van der Waals surface area contributed by atoms with Crippen molar-refractivity contribution in [3.05, 3.63) is 53.5 Å². The number of aromatic nitrogens is 4. The summed E-state index contributed by atoms with van der Waals surface area (Å²) in [5.41, 5.74) is 3.09. The van der Waals surface area contributed by atoms with Crippen LogP contribution in [0, 0.1) is 6.92 Å². The van der Waals surface area contributed by atoms with Crippen LogP contribution in [0.5, 0.6) is 11.8 Å². The van der Waals surface area contributed by atoms with Gasteiger partial charge in [-0.1, -0.05) is 0 Å². The summed E-state index contributed by atoms with van der Waals surface area (Å²) in [6, 6.07) is 6.81. The summed E-state index contributed by atoms with van der Waals surface area (Å²) >= 11 is 0. The van der Waals surface area contributed by atoms with Crippen molar-refractivity contribution < 1.29 is 23.0 Å². The molecular formula is C26H28F2N6O3. The van der Waals surface area contributed by atoms with Gasteiger partial charge in [0, 0.05) is 43.2 Å². The van der Waals surface area contributed by atoms with Crippen LogP contribution in [0.4, 0.5) is 14.6 Å². The van der Waals surface area contributed by atoms with Gasteiger partial charge >= 0.3 is 6.61 Å². The highest BCUT2D eigenvalue weighted by Crippen LogP contribution is 2.39. The third-order valence-corrected chi connectivity index (χ3v) is 7.11. The van der Waals surface area contributed by atoms with E-state index in [0.717, 1.165) is 41.9 Å². The summed E-state index contributed by atoms with van der Waals surface area (Å²) in [6.45, 7) is 1.78. The maximum absolute atomic E-state index is 13.4. The minimum Gasteiger partial charge on any atom is -0.481 e. The molecule has 37 heavy (non-hydrogen) atoms. The lowest BCUT2D eigenvalue weighted by Gasteiger charge is -2.36. The highest BCUT2D eigenvalue weighted by molar-refractivity contribution is 5.84. The van der Waals surface area contributed by atoms with Gasteiger partial charge in [0.05, 0.1) is 24.3 Å². The van der Waals surface area contributed by atoms with Crippen molar-refractivity contribution in [2.75, 3.05) is 25.5 Å². The molecule has 0 aliphatic carbocycles. The molecule has 0 saturated carbocycles. The number of aryl methyl sites for hydroxylation is 2. The molecule has 3 aromatic heterocycles. The topological polar surface area (TPSA) is 102 Å². The number of likely N-dealkylation sites (tertiary alicyclic amines) is 1. The van der Waals surface area contributed by atoms with E-state index in [1.807, 2.05) is 11.8 Å². The van der Waals surface area contributed by atoms with Crippen molar-refractivity contribution >= 4 is 11.7 Å². The maximum Gasteiger partial charge on any atom is 0.388 e. The molecule has 3 aromatic rings. The maximum atomic E-state index is 13.4. The van der Waals surface area contributed by atoms with Crippen molar-refractivity contribution in [1.29, 1.82) is 0 Å². The van der Waals surface area contributed by atoms with Crippen LogP contribution in [0.2, 0.25) is 0 Å². The minimum absolute atomic E-state index is 0.0959. The number of carbonyl (C=O) groups excluding carboxylic acids is 1. The number of hydrogen-bond donors (Lipinski definition) is 1. The fourth-order valence-corrected chi connectivity index (χ4v) is 5.09. The lowest BCUT2D eigenvalue weighted by atomic mass is 9.86. The fourth-order valence-electron chi connectivity index (χ4n) is 5.09. The third kappa shape index (κ3) is 5.03. The third-order valence-electron chi connectivity index (χ3n) is 7.11. The number of fused-ring (bicyclic) bond motifs is 1. The zero-order chi connectivity index (χ0) is 26.2. The number of ether oxygens (including phenoxy) is 2. The van der Waals surface area contributed by atoms with Crippen LogP contribution in [-0.2, 0) is 11.2 Å². The molecule has 5 rings (SSSR count). The SMILES string of the molecule is COc1cc([C@H](C)C(=O)N2CC[C@@]3(CCc4cc(-c5ncccn5)c(C)nc4N3)C2)cc(OC(F)F)n1. The second-order valence-corrected chi connectivity index (χ2v) is 9.50. The van der Waals surface area contributed by atoms with E-state index in [4.69, 9.17) is 9.72 Å². The van der Waals surface area contributed by atoms with E-state index in [1.54, 1.807) is 31.5 Å². The van der Waals surface area contributed by atoms with E-state index in [-0.39, 0.29) is 23.2 Å². The number of nitrogens with one attached hydrogen (secondary N) is 1. The van der Waals surface area contributed by atoms with Crippen molar-refractivity contribution in [3.8, 4) is 23.1 Å². The Labute approximate surface area is 213 Å². The average molecular weight is 511 g/mol. The number of hydrogen-bond acceptors (Lipinski definition) is 8. The molecule has 0 aromatic carbocycles. The first-order valence-corrected chi connectivity index (χ1v) is 12.1. The summed E-state index contributed by atoms with van der Waals surface area (Å²) in [7, 11) is 1.38. The van der Waals surface area contributed by atoms with Crippen LogP contribution >= 0.6 is 0 Å². The molecule has 0 bridgehead atoms. The van der Waals surface area contributed by atoms with E-state index < -0.39 is 12.5 Å². The Kier molecular flexibility index (Phi) is 6.61. The van der Waals surface area contributed by atoms with Crippen LogP contribution in [-0.4, -0.2) is 63.1 Å². The Hall–Kier alpha value is -3.89.